The van der Waals surface area contributed by atoms with Crippen molar-refractivity contribution in [2.75, 3.05) is 5.32 Å². The average Bonchev–Trinajstić information content (AvgIpc) is 2.72. The zero-order chi connectivity index (χ0) is 14.0. The minimum absolute atomic E-state index is 0.320. The summed E-state index contributed by atoms with van der Waals surface area (Å²) in [5, 5.41) is 2.55. The molecule has 8 heteroatoms. The summed E-state index contributed by atoms with van der Waals surface area (Å²) in [4.78, 5) is 4.67. The molecule has 0 fully saturated rings. The molecule has 0 unspecified atom stereocenters. The average molecular weight is 327 g/mol. The van der Waals surface area contributed by atoms with E-state index in [1.165, 1.54) is 23.5 Å². The monoisotopic (exact) mass is 326 g/mol. The van der Waals surface area contributed by atoms with Gasteiger partial charge in [-0.1, -0.05) is 23.2 Å². The van der Waals surface area contributed by atoms with Gasteiger partial charge in [-0.2, -0.15) is 13.2 Å². The van der Waals surface area contributed by atoms with Crippen LogP contribution in [0.25, 0.3) is 0 Å². The molecule has 102 valence electrons. The second-order valence-corrected chi connectivity index (χ2v) is 5.73. The molecule has 2 nitrogen and oxygen atoms in total. The summed E-state index contributed by atoms with van der Waals surface area (Å²) in [6.07, 6.45) is -2.90. The fraction of sp³-hybridized carbons (Fsp3) is 0.182. The van der Waals surface area contributed by atoms with Crippen LogP contribution in [0.15, 0.2) is 24.4 Å². The number of nitrogens with one attached hydrogen (secondary N) is 1. The molecule has 0 amide bonds. The van der Waals surface area contributed by atoms with Crippen LogP contribution in [-0.2, 0) is 12.7 Å². The molecule has 0 aliphatic heterocycles. The quantitative estimate of drug-likeness (QED) is 0.850. The lowest BCUT2D eigenvalue weighted by atomic mass is 10.2. The van der Waals surface area contributed by atoms with E-state index in [1.807, 2.05) is 0 Å². The maximum absolute atomic E-state index is 12.7. The van der Waals surface area contributed by atoms with Gasteiger partial charge in [0, 0.05) is 16.8 Å². The molecule has 0 bridgehead atoms. The number of anilines is 1. The van der Waals surface area contributed by atoms with E-state index < -0.39 is 11.7 Å². The summed E-state index contributed by atoms with van der Waals surface area (Å²) in [5.74, 6) is 0. The first-order chi connectivity index (χ1) is 8.86. The predicted molar refractivity (Wildman–Crippen MR) is 70.9 cm³/mol. The van der Waals surface area contributed by atoms with E-state index >= 15 is 0 Å². The topological polar surface area (TPSA) is 24.9 Å². The summed E-state index contributed by atoms with van der Waals surface area (Å²) >= 11 is 12.5. The van der Waals surface area contributed by atoms with E-state index in [1.54, 1.807) is 6.20 Å². The molecule has 2 aromatic rings. The van der Waals surface area contributed by atoms with Crippen LogP contribution < -0.4 is 5.32 Å². The van der Waals surface area contributed by atoms with E-state index in [2.05, 4.69) is 10.3 Å². The van der Waals surface area contributed by atoms with E-state index in [0.717, 1.165) is 10.9 Å². The van der Waals surface area contributed by atoms with Crippen LogP contribution in [0.5, 0.6) is 0 Å². The Kier molecular flexibility index (Phi) is 4.23. The van der Waals surface area contributed by atoms with Crippen molar-refractivity contribution in [1.82, 2.24) is 4.98 Å². The normalized spacial score (nSPS) is 11.6. The van der Waals surface area contributed by atoms with E-state index in [9.17, 15) is 13.2 Å². The standard InChI is InChI=1S/C11H7Cl2F3N2S/c12-9-2-1-6(3-8(9)11(14,15)16)17-4-7-5-18-10(13)19-7/h1-3,5,17H,4H2. The number of benzene rings is 1. The summed E-state index contributed by atoms with van der Waals surface area (Å²) in [5.41, 5.74) is -0.525. The van der Waals surface area contributed by atoms with Gasteiger partial charge in [-0.3, -0.25) is 0 Å². The highest BCUT2D eigenvalue weighted by Gasteiger charge is 2.33. The van der Waals surface area contributed by atoms with Crippen molar-refractivity contribution in [3.63, 3.8) is 0 Å². The van der Waals surface area contributed by atoms with Crippen molar-refractivity contribution in [2.24, 2.45) is 0 Å². The Morgan fingerprint density at radius 1 is 1.26 bits per heavy atom. The van der Waals surface area contributed by atoms with E-state index in [-0.39, 0.29) is 5.02 Å². The molecule has 0 radical (unpaired) electrons. The first-order valence-corrected chi connectivity index (χ1v) is 6.64. The lowest BCUT2D eigenvalue weighted by molar-refractivity contribution is -0.137. The molecule has 0 aliphatic carbocycles. The molecule has 1 aromatic heterocycles. The maximum Gasteiger partial charge on any atom is 0.417 e. The Labute approximate surface area is 121 Å². The molecule has 0 atom stereocenters. The van der Waals surface area contributed by atoms with Gasteiger partial charge in [0.2, 0.25) is 0 Å². The molecule has 1 N–H and O–H groups in total. The molecular weight excluding hydrogens is 320 g/mol. The molecule has 2 rings (SSSR count). The van der Waals surface area contributed by atoms with Crippen LogP contribution in [0.1, 0.15) is 10.4 Å². The highest BCUT2D eigenvalue weighted by Crippen LogP contribution is 2.36. The zero-order valence-electron chi connectivity index (χ0n) is 9.26. The Hall–Kier alpha value is -0.980. The van der Waals surface area contributed by atoms with Crippen molar-refractivity contribution < 1.29 is 13.2 Å². The van der Waals surface area contributed by atoms with E-state index in [0.29, 0.717) is 16.7 Å². The predicted octanol–water partition coefficient (Wildman–Crippen LogP) is 5.08. The van der Waals surface area contributed by atoms with Crippen LogP contribution >= 0.6 is 34.5 Å². The first-order valence-electron chi connectivity index (χ1n) is 5.07. The van der Waals surface area contributed by atoms with Gasteiger partial charge in [0.1, 0.15) is 0 Å². The molecule has 0 aliphatic rings. The number of alkyl halides is 3. The van der Waals surface area contributed by atoms with Gasteiger partial charge in [-0.05, 0) is 18.2 Å². The van der Waals surface area contributed by atoms with Crippen LogP contribution in [0.4, 0.5) is 18.9 Å². The number of hydrogen-bond acceptors (Lipinski definition) is 3. The lowest BCUT2D eigenvalue weighted by Gasteiger charge is -2.11. The van der Waals surface area contributed by atoms with Gasteiger partial charge in [0.15, 0.2) is 4.47 Å². The largest absolute Gasteiger partial charge is 0.417 e. The number of aromatic nitrogens is 1. The third kappa shape index (κ3) is 3.75. The Bertz CT molecular complexity index is 584. The number of thiazole rings is 1. The molecular formula is C11H7Cl2F3N2S. The SMILES string of the molecule is FC(F)(F)c1cc(NCc2cnc(Cl)s2)ccc1Cl. The van der Waals surface area contributed by atoms with Crippen molar-refractivity contribution >= 4 is 40.2 Å². The smallest absolute Gasteiger partial charge is 0.380 e. The minimum atomic E-state index is -4.47. The third-order valence-electron chi connectivity index (χ3n) is 2.26. The summed E-state index contributed by atoms with van der Waals surface area (Å²) in [6.45, 7) is 0.351. The minimum Gasteiger partial charge on any atom is -0.380 e. The Morgan fingerprint density at radius 2 is 2.00 bits per heavy atom. The van der Waals surface area contributed by atoms with Gasteiger partial charge in [-0.15, -0.1) is 11.3 Å². The van der Waals surface area contributed by atoms with Gasteiger partial charge in [0.25, 0.3) is 0 Å². The van der Waals surface area contributed by atoms with Crippen LogP contribution in [0, 0.1) is 0 Å². The Morgan fingerprint density at radius 3 is 2.58 bits per heavy atom. The highest BCUT2D eigenvalue weighted by molar-refractivity contribution is 7.15. The summed E-state index contributed by atoms with van der Waals surface area (Å²) in [6, 6.07) is 3.68. The molecule has 1 aromatic carbocycles. The molecule has 0 saturated heterocycles. The molecule has 0 saturated carbocycles. The third-order valence-corrected chi connectivity index (χ3v) is 3.71. The van der Waals surface area contributed by atoms with Crippen LogP contribution in [0.2, 0.25) is 9.49 Å². The summed E-state index contributed by atoms with van der Waals surface area (Å²) in [7, 11) is 0. The van der Waals surface area contributed by atoms with Crippen LogP contribution in [0.3, 0.4) is 0 Å². The zero-order valence-corrected chi connectivity index (χ0v) is 11.6. The van der Waals surface area contributed by atoms with Gasteiger partial charge < -0.3 is 5.32 Å². The fourth-order valence-corrected chi connectivity index (χ4v) is 2.55. The number of halogens is 5. The van der Waals surface area contributed by atoms with Crippen molar-refractivity contribution in [3.8, 4) is 0 Å². The van der Waals surface area contributed by atoms with Crippen LogP contribution in [-0.4, -0.2) is 4.98 Å². The first kappa shape index (κ1) is 14.4. The number of nitrogens with zero attached hydrogens (tertiary/aromatic N) is 1. The van der Waals surface area contributed by atoms with Crippen molar-refractivity contribution in [1.29, 1.82) is 0 Å². The fourth-order valence-electron chi connectivity index (χ4n) is 1.41. The molecule has 0 spiro atoms. The summed E-state index contributed by atoms with van der Waals surface area (Å²) < 4.78 is 38.4. The second-order valence-electron chi connectivity index (χ2n) is 3.63. The lowest BCUT2D eigenvalue weighted by Crippen LogP contribution is -2.07. The Balaban J connectivity index is 2.13. The number of hydrogen-bond donors (Lipinski definition) is 1. The maximum atomic E-state index is 12.7. The van der Waals surface area contributed by atoms with E-state index in [4.69, 9.17) is 23.2 Å². The van der Waals surface area contributed by atoms with Crippen molar-refractivity contribution in [3.05, 3.63) is 44.3 Å². The van der Waals surface area contributed by atoms with Gasteiger partial charge in [0.05, 0.1) is 17.1 Å². The molecule has 1 heterocycles. The van der Waals surface area contributed by atoms with Gasteiger partial charge in [-0.25, -0.2) is 4.98 Å². The second kappa shape index (κ2) is 5.56. The number of rotatable bonds is 3. The molecule has 19 heavy (non-hydrogen) atoms. The van der Waals surface area contributed by atoms with Gasteiger partial charge >= 0.3 is 6.18 Å². The van der Waals surface area contributed by atoms with Crippen molar-refractivity contribution in [2.45, 2.75) is 12.7 Å². The highest BCUT2D eigenvalue weighted by atomic mass is 35.5.